The van der Waals surface area contributed by atoms with Gasteiger partial charge in [-0.05, 0) is 56.0 Å². The molecule has 7 nitrogen and oxygen atoms in total. The molecule has 2 N–H and O–H groups in total. The summed E-state index contributed by atoms with van der Waals surface area (Å²) in [7, 11) is 0. The number of benzene rings is 1. The Morgan fingerprint density at radius 2 is 2.11 bits per heavy atom. The van der Waals surface area contributed by atoms with Crippen LogP contribution in [-0.4, -0.2) is 47.4 Å². The second-order valence-corrected chi connectivity index (χ2v) is 7.49. The number of carbonyl (C=O) groups is 3. The van der Waals surface area contributed by atoms with Gasteiger partial charge in [0.25, 0.3) is 5.91 Å². The summed E-state index contributed by atoms with van der Waals surface area (Å²) >= 11 is 0. The summed E-state index contributed by atoms with van der Waals surface area (Å²) in [5, 5.41) is 5.81. The maximum atomic E-state index is 12.7. The highest BCUT2D eigenvalue weighted by atomic mass is 16.5. The quantitative estimate of drug-likeness (QED) is 0.763. The molecule has 4 rings (SSSR count). The van der Waals surface area contributed by atoms with Gasteiger partial charge in [-0.1, -0.05) is 6.92 Å². The van der Waals surface area contributed by atoms with E-state index in [1.54, 1.807) is 11.0 Å². The Hall–Kier alpha value is -2.41. The predicted octanol–water partition coefficient (Wildman–Crippen LogP) is 1.36. The van der Waals surface area contributed by atoms with Crippen molar-refractivity contribution in [2.75, 3.05) is 6.54 Å². The minimum atomic E-state index is -0.585. The van der Waals surface area contributed by atoms with E-state index in [9.17, 15) is 14.4 Å². The Morgan fingerprint density at radius 1 is 1.26 bits per heavy atom. The third-order valence-corrected chi connectivity index (χ3v) is 5.73. The first kappa shape index (κ1) is 18.0. The van der Waals surface area contributed by atoms with Crippen molar-refractivity contribution in [2.24, 2.45) is 0 Å². The molecule has 0 bridgehead atoms. The molecule has 0 saturated carbocycles. The average Bonchev–Trinajstić information content (AvgIpc) is 3.28. The van der Waals surface area contributed by atoms with Crippen LogP contribution in [0.5, 0.6) is 5.75 Å². The first-order valence-corrected chi connectivity index (χ1v) is 9.74. The lowest BCUT2D eigenvalue weighted by Gasteiger charge is -2.29. The van der Waals surface area contributed by atoms with Crippen molar-refractivity contribution < 1.29 is 19.1 Å². The molecule has 2 unspecified atom stereocenters. The number of ether oxygens (including phenoxy) is 1. The SMILES string of the molecule is CCC(Oc1ccc2c(c1)CN(C1CCC(=O)NC1=O)C2=O)[C@@H]1CCCN1. The number of nitrogens with one attached hydrogen (secondary N) is 2. The average molecular weight is 371 g/mol. The molecular weight excluding hydrogens is 346 g/mol. The molecular formula is C20H25N3O4. The molecule has 27 heavy (non-hydrogen) atoms. The summed E-state index contributed by atoms with van der Waals surface area (Å²) in [5.41, 5.74) is 1.48. The van der Waals surface area contributed by atoms with Crippen LogP contribution in [0.25, 0.3) is 0 Å². The summed E-state index contributed by atoms with van der Waals surface area (Å²) < 4.78 is 6.21. The minimum absolute atomic E-state index is 0.105. The van der Waals surface area contributed by atoms with Crippen molar-refractivity contribution in [3.63, 3.8) is 0 Å². The molecule has 0 spiro atoms. The van der Waals surface area contributed by atoms with Crippen molar-refractivity contribution >= 4 is 17.7 Å². The number of amides is 3. The number of carbonyl (C=O) groups excluding carboxylic acids is 3. The summed E-state index contributed by atoms with van der Waals surface area (Å²) in [6, 6.07) is 5.31. The summed E-state index contributed by atoms with van der Waals surface area (Å²) in [4.78, 5) is 37.8. The van der Waals surface area contributed by atoms with E-state index in [0.717, 1.165) is 30.7 Å². The molecule has 0 aromatic heterocycles. The van der Waals surface area contributed by atoms with Gasteiger partial charge in [0, 0.05) is 24.6 Å². The zero-order chi connectivity index (χ0) is 19.0. The second-order valence-electron chi connectivity index (χ2n) is 7.49. The van der Waals surface area contributed by atoms with Crippen LogP contribution in [0.3, 0.4) is 0 Å². The van der Waals surface area contributed by atoms with Crippen LogP contribution < -0.4 is 15.4 Å². The van der Waals surface area contributed by atoms with Crippen LogP contribution in [0.15, 0.2) is 18.2 Å². The molecule has 2 saturated heterocycles. The molecule has 3 aliphatic rings. The number of piperidine rings is 1. The lowest BCUT2D eigenvalue weighted by molar-refractivity contribution is -0.136. The zero-order valence-electron chi connectivity index (χ0n) is 15.5. The van der Waals surface area contributed by atoms with Crippen LogP contribution >= 0.6 is 0 Å². The van der Waals surface area contributed by atoms with E-state index in [-0.39, 0.29) is 30.2 Å². The van der Waals surface area contributed by atoms with E-state index in [2.05, 4.69) is 17.6 Å². The standard InChI is InChI=1S/C20H25N3O4/c1-2-17(15-4-3-9-21-15)27-13-5-6-14-12(10-13)11-23(20(14)26)16-7-8-18(24)22-19(16)25/h5-6,10,15-17,21H,2-4,7-9,11H2,1H3,(H,22,24,25)/t15-,16?,17?/m0/s1. The molecule has 3 heterocycles. The van der Waals surface area contributed by atoms with Gasteiger partial charge in [0.15, 0.2) is 0 Å². The Labute approximate surface area is 158 Å². The van der Waals surface area contributed by atoms with Crippen LogP contribution in [0.2, 0.25) is 0 Å². The van der Waals surface area contributed by atoms with Gasteiger partial charge in [0.1, 0.15) is 17.9 Å². The van der Waals surface area contributed by atoms with E-state index in [4.69, 9.17) is 4.74 Å². The van der Waals surface area contributed by atoms with Gasteiger partial charge < -0.3 is 15.0 Å². The predicted molar refractivity (Wildman–Crippen MR) is 98.2 cm³/mol. The Bertz CT molecular complexity index is 772. The van der Waals surface area contributed by atoms with E-state index in [0.29, 0.717) is 24.6 Å². The van der Waals surface area contributed by atoms with Gasteiger partial charge in [-0.25, -0.2) is 0 Å². The topological polar surface area (TPSA) is 87.7 Å². The lowest BCUT2D eigenvalue weighted by Crippen LogP contribution is -2.52. The van der Waals surface area contributed by atoms with Crippen molar-refractivity contribution in [3.05, 3.63) is 29.3 Å². The second kappa shape index (κ2) is 7.31. The fourth-order valence-corrected chi connectivity index (χ4v) is 4.28. The molecule has 3 atom stereocenters. The van der Waals surface area contributed by atoms with Crippen LogP contribution in [0, 0.1) is 0 Å². The Balaban J connectivity index is 1.49. The highest BCUT2D eigenvalue weighted by molar-refractivity contribution is 6.05. The lowest BCUT2D eigenvalue weighted by atomic mass is 10.0. The monoisotopic (exact) mass is 371 g/mol. The van der Waals surface area contributed by atoms with Crippen molar-refractivity contribution in [2.45, 2.75) is 63.8 Å². The Kier molecular flexibility index (Phi) is 4.86. The van der Waals surface area contributed by atoms with E-state index < -0.39 is 6.04 Å². The number of hydrogen-bond acceptors (Lipinski definition) is 5. The van der Waals surface area contributed by atoms with Gasteiger partial charge in [0.05, 0.1) is 0 Å². The number of fused-ring (bicyclic) bond motifs is 1. The minimum Gasteiger partial charge on any atom is -0.489 e. The molecule has 1 aromatic rings. The van der Waals surface area contributed by atoms with E-state index in [1.807, 2.05) is 12.1 Å². The summed E-state index contributed by atoms with van der Waals surface area (Å²) in [6.07, 6.45) is 3.94. The van der Waals surface area contributed by atoms with Gasteiger partial charge in [0.2, 0.25) is 11.8 Å². The first-order valence-electron chi connectivity index (χ1n) is 9.74. The maximum Gasteiger partial charge on any atom is 0.255 e. The number of rotatable bonds is 5. The van der Waals surface area contributed by atoms with Gasteiger partial charge in [-0.15, -0.1) is 0 Å². The van der Waals surface area contributed by atoms with Crippen molar-refractivity contribution in [3.8, 4) is 5.75 Å². The highest BCUT2D eigenvalue weighted by Crippen LogP contribution is 2.31. The van der Waals surface area contributed by atoms with Crippen LogP contribution in [0.4, 0.5) is 0 Å². The van der Waals surface area contributed by atoms with Gasteiger partial charge >= 0.3 is 0 Å². The van der Waals surface area contributed by atoms with Gasteiger partial charge in [-0.3, -0.25) is 19.7 Å². The highest BCUT2D eigenvalue weighted by Gasteiger charge is 2.39. The molecule has 1 aromatic carbocycles. The summed E-state index contributed by atoms with van der Waals surface area (Å²) in [6.45, 7) is 3.52. The first-order chi connectivity index (χ1) is 13.1. The fraction of sp³-hybridized carbons (Fsp3) is 0.550. The Morgan fingerprint density at radius 3 is 2.81 bits per heavy atom. The maximum absolute atomic E-state index is 12.7. The van der Waals surface area contributed by atoms with Crippen LogP contribution in [-0.2, 0) is 16.1 Å². The van der Waals surface area contributed by atoms with Crippen molar-refractivity contribution in [1.82, 2.24) is 15.5 Å². The zero-order valence-corrected chi connectivity index (χ0v) is 15.5. The number of nitrogens with zero attached hydrogens (tertiary/aromatic N) is 1. The van der Waals surface area contributed by atoms with Gasteiger partial charge in [-0.2, -0.15) is 0 Å². The van der Waals surface area contributed by atoms with Crippen LogP contribution in [0.1, 0.15) is 54.9 Å². The molecule has 0 aliphatic carbocycles. The smallest absolute Gasteiger partial charge is 0.255 e. The normalized spacial score (nSPS) is 26.1. The summed E-state index contributed by atoms with van der Waals surface area (Å²) in [5.74, 6) is -0.0627. The molecule has 7 heteroatoms. The molecule has 3 amide bonds. The van der Waals surface area contributed by atoms with E-state index in [1.165, 1.54) is 6.42 Å². The molecule has 2 fully saturated rings. The molecule has 3 aliphatic heterocycles. The van der Waals surface area contributed by atoms with Crippen molar-refractivity contribution in [1.29, 1.82) is 0 Å². The molecule has 144 valence electrons. The largest absolute Gasteiger partial charge is 0.489 e. The van der Waals surface area contributed by atoms with E-state index >= 15 is 0 Å². The molecule has 0 radical (unpaired) electrons. The number of imide groups is 1. The third-order valence-electron chi connectivity index (χ3n) is 5.73. The number of hydrogen-bond donors (Lipinski definition) is 2. The fourth-order valence-electron chi connectivity index (χ4n) is 4.28. The third kappa shape index (κ3) is 3.43.